The molecule has 4 heteroatoms. The molecule has 1 aromatic carbocycles. The largest absolute Gasteiger partial charge is 0.508 e. The Morgan fingerprint density at radius 1 is 1.43 bits per heavy atom. The number of phenols is 1. The predicted molar refractivity (Wildman–Crippen MR) is 56.5 cm³/mol. The molecule has 2 N–H and O–H groups in total. The van der Waals surface area contributed by atoms with Gasteiger partial charge in [0, 0.05) is 10.0 Å². The summed E-state index contributed by atoms with van der Waals surface area (Å²) in [6.45, 7) is 3.10. The summed E-state index contributed by atoms with van der Waals surface area (Å²) in [5.74, 6) is -0.980. The van der Waals surface area contributed by atoms with Crippen LogP contribution in [0.1, 0.15) is 19.4 Å². The van der Waals surface area contributed by atoms with Gasteiger partial charge in [-0.05, 0) is 26.0 Å². The van der Waals surface area contributed by atoms with Gasteiger partial charge in [-0.2, -0.15) is 0 Å². The van der Waals surface area contributed by atoms with Crippen molar-refractivity contribution in [2.75, 3.05) is 0 Å². The molecule has 3 nitrogen and oxygen atoms in total. The first-order chi connectivity index (χ1) is 6.37. The number of carbonyl (C=O) groups is 1. The molecule has 0 aliphatic rings. The van der Waals surface area contributed by atoms with Gasteiger partial charge in [0.1, 0.15) is 5.75 Å². The number of halogens is 1. The van der Waals surface area contributed by atoms with E-state index in [1.54, 1.807) is 26.0 Å². The molecule has 76 valence electrons. The number of carboxylic acids is 1. The second kappa shape index (κ2) is 3.61. The quantitative estimate of drug-likeness (QED) is 0.857. The fraction of sp³-hybridized carbons (Fsp3) is 0.300. The highest BCUT2D eigenvalue weighted by molar-refractivity contribution is 9.10. The van der Waals surface area contributed by atoms with Crippen molar-refractivity contribution in [2.24, 2.45) is 0 Å². The summed E-state index contributed by atoms with van der Waals surface area (Å²) in [4.78, 5) is 11.0. The number of benzene rings is 1. The van der Waals surface area contributed by atoms with Crippen molar-refractivity contribution in [1.82, 2.24) is 0 Å². The van der Waals surface area contributed by atoms with Gasteiger partial charge in [-0.3, -0.25) is 4.79 Å². The number of phenolic OH excluding ortho intramolecular Hbond substituents is 1. The molecule has 0 aromatic heterocycles. The summed E-state index contributed by atoms with van der Waals surface area (Å²) in [5.41, 5.74) is -0.711. The van der Waals surface area contributed by atoms with Gasteiger partial charge in [0.2, 0.25) is 0 Å². The third kappa shape index (κ3) is 1.75. The fourth-order valence-corrected chi connectivity index (χ4v) is 2.09. The average Bonchev–Trinajstić information content (AvgIpc) is 2.02. The summed E-state index contributed by atoms with van der Waals surface area (Å²) in [6, 6.07) is 4.84. The van der Waals surface area contributed by atoms with E-state index >= 15 is 0 Å². The second-order valence-corrected chi connectivity index (χ2v) is 4.42. The first kappa shape index (κ1) is 11.0. The fourth-order valence-electron chi connectivity index (χ4n) is 1.24. The summed E-state index contributed by atoms with van der Waals surface area (Å²) in [5, 5.41) is 18.6. The lowest BCUT2D eigenvalue weighted by Gasteiger charge is -2.22. The highest BCUT2D eigenvalue weighted by Gasteiger charge is 2.33. The second-order valence-electron chi connectivity index (χ2n) is 3.56. The summed E-state index contributed by atoms with van der Waals surface area (Å²) in [7, 11) is 0. The van der Waals surface area contributed by atoms with Crippen LogP contribution in [0.25, 0.3) is 0 Å². The zero-order valence-corrected chi connectivity index (χ0v) is 9.50. The summed E-state index contributed by atoms with van der Waals surface area (Å²) < 4.78 is 0.602. The van der Waals surface area contributed by atoms with Crippen LogP contribution in [0.4, 0.5) is 0 Å². The molecule has 0 radical (unpaired) electrons. The minimum Gasteiger partial charge on any atom is -0.508 e. The van der Waals surface area contributed by atoms with Crippen LogP contribution in [0.2, 0.25) is 0 Å². The van der Waals surface area contributed by atoms with Crippen molar-refractivity contribution >= 4 is 21.9 Å². The zero-order chi connectivity index (χ0) is 10.9. The summed E-state index contributed by atoms with van der Waals surface area (Å²) in [6.07, 6.45) is 0. The van der Waals surface area contributed by atoms with Crippen LogP contribution in [-0.4, -0.2) is 16.2 Å². The van der Waals surface area contributed by atoms with Crippen molar-refractivity contribution < 1.29 is 15.0 Å². The molecule has 1 aromatic rings. The van der Waals surface area contributed by atoms with E-state index in [2.05, 4.69) is 15.9 Å². The molecule has 1 rings (SSSR count). The van der Waals surface area contributed by atoms with Crippen LogP contribution < -0.4 is 0 Å². The lowest BCUT2D eigenvalue weighted by Crippen LogP contribution is -2.29. The Labute approximate surface area is 90.5 Å². The SMILES string of the molecule is CC(C)(C(=O)O)c1c(O)cccc1Br. The number of aromatic hydroxyl groups is 1. The maximum absolute atomic E-state index is 11.0. The Morgan fingerprint density at radius 3 is 2.43 bits per heavy atom. The first-order valence-corrected chi connectivity index (χ1v) is 4.88. The highest BCUT2D eigenvalue weighted by atomic mass is 79.9. The minimum atomic E-state index is -1.11. The molecule has 0 heterocycles. The van der Waals surface area contributed by atoms with Crippen molar-refractivity contribution in [3.05, 3.63) is 28.2 Å². The van der Waals surface area contributed by atoms with Gasteiger partial charge in [0.15, 0.2) is 0 Å². The molecule has 0 aliphatic carbocycles. The van der Waals surface area contributed by atoms with Crippen molar-refractivity contribution in [2.45, 2.75) is 19.3 Å². The zero-order valence-electron chi connectivity index (χ0n) is 7.91. The van der Waals surface area contributed by atoms with E-state index in [1.807, 2.05) is 0 Å². The van der Waals surface area contributed by atoms with Crippen molar-refractivity contribution in [3.63, 3.8) is 0 Å². The van der Waals surface area contributed by atoms with Gasteiger partial charge in [-0.1, -0.05) is 22.0 Å². The molecule has 0 bridgehead atoms. The maximum atomic E-state index is 11.0. The standard InChI is InChI=1S/C10H11BrO3/c1-10(2,9(13)14)8-6(11)4-3-5-7(8)12/h3-5,12H,1-2H3,(H,13,14). The Bertz CT molecular complexity index is 351. The molecular weight excluding hydrogens is 248 g/mol. The normalized spacial score (nSPS) is 11.4. The molecule has 14 heavy (non-hydrogen) atoms. The third-order valence-corrected chi connectivity index (χ3v) is 2.81. The number of rotatable bonds is 2. The lowest BCUT2D eigenvalue weighted by molar-refractivity contribution is -0.142. The number of carboxylic acid groups (broad SMARTS) is 1. The average molecular weight is 259 g/mol. The van der Waals surface area contributed by atoms with E-state index in [0.29, 0.717) is 10.0 Å². The molecule has 0 unspecified atom stereocenters. The van der Waals surface area contributed by atoms with Crippen LogP contribution in [0, 0.1) is 0 Å². The van der Waals surface area contributed by atoms with Crippen molar-refractivity contribution in [3.8, 4) is 5.75 Å². The molecule has 0 aliphatic heterocycles. The van der Waals surface area contributed by atoms with E-state index < -0.39 is 11.4 Å². The topological polar surface area (TPSA) is 57.5 Å². The van der Waals surface area contributed by atoms with Crippen LogP contribution in [0.5, 0.6) is 5.75 Å². The summed E-state index contributed by atoms with van der Waals surface area (Å²) >= 11 is 3.23. The van der Waals surface area contributed by atoms with Crippen molar-refractivity contribution in [1.29, 1.82) is 0 Å². The molecule has 0 saturated carbocycles. The highest BCUT2D eigenvalue weighted by Crippen LogP contribution is 2.36. The number of hydrogen-bond acceptors (Lipinski definition) is 2. The molecular formula is C10H11BrO3. The Morgan fingerprint density at radius 2 is 2.00 bits per heavy atom. The van der Waals surface area contributed by atoms with E-state index in [-0.39, 0.29) is 5.75 Å². The number of aliphatic carboxylic acids is 1. The smallest absolute Gasteiger partial charge is 0.313 e. The number of hydrogen-bond donors (Lipinski definition) is 2. The molecule has 0 amide bonds. The van der Waals surface area contributed by atoms with E-state index in [9.17, 15) is 9.90 Å². The molecule has 0 atom stereocenters. The Hall–Kier alpha value is -1.03. The van der Waals surface area contributed by atoms with Crippen LogP contribution >= 0.6 is 15.9 Å². The van der Waals surface area contributed by atoms with Crippen LogP contribution in [0.15, 0.2) is 22.7 Å². The Balaban J connectivity index is 3.38. The van der Waals surface area contributed by atoms with Gasteiger partial charge < -0.3 is 10.2 Å². The van der Waals surface area contributed by atoms with Gasteiger partial charge >= 0.3 is 5.97 Å². The first-order valence-electron chi connectivity index (χ1n) is 4.08. The monoisotopic (exact) mass is 258 g/mol. The molecule has 0 spiro atoms. The lowest BCUT2D eigenvalue weighted by atomic mass is 9.84. The van der Waals surface area contributed by atoms with E-state index in [1.165, 1.54) is 6.07 Å². The van der Waals surface area contributed by atoms with Gasteiger partial charge in [0.25, 0.3) is 0 Å². The molecule has 0 saturated heterocycles. The van der Waals surface area contributed by atoms with Gasteiger partial charge in [-0.15, -0.1) is 0 Å². The van der Waals surface area contributed by atoms with Crippen LogP contribution in [0.3, 0.4) is 0 Å². The Kier molecular flexibility index (Phi) is 2.85. The maximum Gasteiger partial charge on any atom is 0.313 e. The third-order valence-electron chi connectivity index (χ3n) is 2.15. The van der Waals surface area contributed by atoms with Gasteiger partial charge in [-0.25, -0.2) is 0 Å². The van der Waals surface area contributed by atoms with E-state index in [4.69, 9.17) is 5.11 Å². The van der Waals surface area contributed by atoms with Gasteiger partial charge in [0.05, 0.1) is 5.41 Å². The minimum absolute atomic E-state index is 0.00762. The molecule has 0 fully saturated rings. The van der Waals surface area contributed by atoms with E-state index in [0.717, 1.165) is 0 Å². The predicted octanol–water partition coefficient (Wildman–Crippen LogP) is 2.52. The van der Waals surface area contributed by atoms with Crippen LogP contribution in [-0.2, 0) is 10.2 Å².